The van der Waals surface area contributed by atoms with Crippen LogP contribution in [0.2, 0.25) is 0 Å². The lowest BCUT2D eigenvalue weighted by molar-refractivity contribution is -0.114. The largest absolute Gasteiger partial charge is 0.326 e. The van der Waals surface area contributed by atoms with Crippen LogP contribution in [0.3, 0.4) is 0 Å². The number of carbonyl (C=O) groups is 1. The zero-order chi connectivity index (χ0) is 9.97. The molecule has 0 aliphatic carbocycles. The molecule has 2 nitrogen and oxygen atoms in total. The van der Waals surface area contributed by atoms with E-state index in [1.165, 1.54) is 6.92 Å². The zero-order valence-corrected chi connectivity index (χ0v) is 7.87. The number of amides is 1. The van der Waals surface area contributed by atoms with Crippen LogP contribution >= 0.6 is 0 Å². The van der Waals surface area contributed by atoms with Crippen molar-refractivity contribution in [2.24, 2.45) is 0 Å². The number of hydrogen-bond acceptors (Lipinski definition) is 1. The SMILES string of the molecule is CC(=O)Nc1ccc2cc[c]cc2c1. The normalized spacial score (nSPS) is 10.1. The number of nitrogens with one attached hydrogen (secondary N) is 1. The second-order valence-corrected chi connectivity index (χ2v) is 3.17. The van der Waals surface area contributed by atoms with Crippen LogP contribution < -0.4 is 5.32 Å². The third kappa shape index (κ3) is 1.74. The lowest BCUT2D eigenvalue weighted by atomic mass is 10.1. The highest BCUT2D eigenvalue weighted by Gasteiger charge is 1.96. The van der Waals surface area contributed by atoms with Crippen LogP contribution in [-0.2, 0) is 4.79 Å². The molecule has 2 heteroatoms. The highest BCUT2D eigenvalue weighted by atomic mass is 16.1. The van der Waals surface area contributed by atoms with Crippen LogP contribution in [0.4, 0.5) is 5.69 Å². The summed E-state index contributed by atoms with van der Waals surface area (Å²) in [5.74, 6) is -0.0516. The van der Waals surface area contributed by atoms with Gasteiger partial charge in [-0.2, -0.15) is 0 Å². The zero-order valence-electron chi connectivity index (χ0n) is 7.87. The van der Waals surface area contributed by atoms with Crippen molar-refractivity contribution in [3.63, 3.8) is 0 Å². The molecule has 0 unspecified atom stereocenters. The summed E-state index contributed by atoms with van der Waals surface area (Å²) in [4.78, 5) is 10.8. The molecule has 2 rings (SSSR count). The molecule has 14 heavy (non-hydrogen) atoms. The van der Waals surface area contributed by atoms with Crippen molar-refractivity contribution >= 4 is 22.4 Å². The van der Waals surface area contributed by atoms with Gasteiger partial charge in [-0.1, -0.05) is 18.2 Å². The van der Waals surface area contributed by atoms with Crippen LogP contribution in [0.25, 0.3) is 10.8 Å². The van der Waals surface area contributed by atoms with Gasteiger partial charge in [0.05, 0.1) is 0 Å². The fourth-order valence-corrected chi connectivity index (χ4v) is 1.41. The van der Waals surface area contributed by atoms with E-state index in [0.717, 1.165) is 16.5 Å². The first-order valence-electron chi connectivity index (χ1n) is 4.43. The summed E-state index contributed by atoms with van der Waals surface area (Å²) in [6, 6.07) is 14.6. The van der Waals surface area contributed by atoms with E-state index in [0.29, 0.717) is 0 Å². The quantitative estimate of drug-likeness (QED) is 0.725. The van der Waals surface area contributed by atoms with Gasteiger partial charge in [0.2, 0.25) is 5.91 Å². The van der Waals surface area contributed by atoms with Crippen LogP contribution in [-0.4, -0.2) is 5.91 Å². The Bertz CT molecular complexity index is 476. The highest BCUT2D eigenvalue weighted by molar-refractivity contribution is 5.93. The lowest BCUT2D eigenvalue weighted by Crippen LogP contribution is -2.05. The second kappa shape index (κ2) is 3.50. The van der Waals surface area contributed by atoms with Crippen molar-refractivity contribution in [1.29, 1.82) is 0 Å². The Morgan fingerprint density at radius 2 is 2.14 bits per heavy atom. The average Bonchev–Trinajstić information content (AvgIpc) is 2.17. The molecule has 0 aliphatic heterocycles. The average molecular weight is 184 g/mol. The summed E-state index contributed by atoms with van der Waals surface area (Å²) in [7, 11) is 0. The Morgan fingerprint density at radius 3 is 2.93 bits per heavy atom. The molecule has 0 aliphatic rings. The van der Waals surface area contributed by atoms with Gasteiger partial charge in [0, 0.05) is 12.6 Å². The molecule has 2 aromatic carbocycles. The standard InChI is InChI=1S/C12H10NO/c1-9(14)13-12-7-6-10-4-2-3-5-11(10)8-12/h2,4-8H,1H3,(H,13,14). The summed E-state index contributed by atoms with van der Waals surface area (Å²) in [5.41, 5.74) is 0.824. The van der Waals surface area contributed by atoms with Gasteiger partial charge in [-0.25, -0.2) is 0 Å². The van der Waals surface area contributed by atoms with Gasteiger partial charge in [-0.15, -0.1) is 0 Å². The van der Waals surface area contributed by atoms with Crippen LogP contribution in [0, 0.1) is 6.07 Å². The summed E-state index contributed by atoms with van der Waals surface area (Å²) in [6.07, 6.45) is 0. The smallest absolute Gasteiger partial charge is 0.221 e. The highest BCUT2D eigenvalue weighted by Crippen LogP contribution is 2.18. The van der Waals surface area contributed by atoms with E-state index in [4.69, 9.17) is 0 Å². The molecule has 69 valence electrons. The van der Waals surface area contributed by atoms with Crippen LogP contribution in [0.1, 0.15) is 6.92 Å². The lowest BCUT2D eigenvalue weighted by Gasteiger charge is -2.03. The molecule has 1 N–H and O–H groups in total. The summed E-state index contributed by atoms with van der Waals surface area (Å²) in [6.45, 7) is 1.50. The van der Waals surface area contributed by atoms with Crippen molar-refractivity contribution in [2.45, 2.75) is 6.92 Å². The molecule has 0 saturated heterocycles. The predicted molar refractivity (Wildman–Crippen MR) is 57.1 cm³/mol. The van der Waals surface area contributed by atoms with Gasteiger partial charge < -0.3 is 5.32 Å². The van der Waals surface area contributed by atoms with E-state index < -0.39 is 0 Å². The minimum absolute atomic E-state index is 0.0516. The number of anilines is 1. The first-order valence-corrected chi connectivity index (χ1v) is 4.43. The Morgan fingerprint density at radius 1 is 1.29 bits per heavy atom. The molecule has 0 aromatic heterocycles. The van der Waals surface area contributed by atoms with Crippen LogP contribution in [0.15, 0.2) is 36.4 Å². The number of fused-ring (bicyclic) bond motifs is 1. The van der Waals surface area contributed by atoms with E-state index in [1.807, 2.05) is 36.4 Å². The first kappa shape index (κ1) is 8.75. The minimum Gasteiger partial charge on any atom is -0.326 e. The molecule has 0 fully saturated rings. The molecule has 1 radical (unpaired) electrons. The molecular weight excluding hydrogens is 174 g/mol. The fraction of sp³-hybridized carbons (Fsp3) is 0.0833. The van der Waals surface area contributed by atoms with Crippen molar-refractivity contribution < 1.29 is 4.79 Å². The topological polar surface area (TPSA) is 29.1 Å². The molecule has 0 saturated carbocycles. The van der Waals surface area contributed by atoms with Gasteiger partial charge >= 0.3 is 0 Å². The maximum atomic E-state index is 10.8. The Labute approximate surface area is 82.6 Å². The third-order valence-electron chi connectivity index (χ3n) is 2.01. The molecule has 0 bridgehead atoms. The van der Waals surface area contributed by atoms with E-state index in [-0.39, 0.29) is 5.91 Å². The molecule has 2 aromatic rings. The van der Waals surface area contributed by atoms with Gasteiger partial charge in [-0.3, -0.25) is 4.79 Å². The molecule has 0 heterocycles. The summed E-state index contributed by atoms with van der Waals surface area (Å²) < 4.78 is 0. The minimum atomic E-state index is -0.0516. The Balaban J connectivity index is 2.46. The number of benzene rings is 2. The predicted octanol–water partition coefficient (Wildman–Crippen LogP) is 2.60. The number of hydrogen-bond donors (Lipinski definition) is 1. The summed E-state index contributed by atoms with van der Waals surface area (Å²) >= 11 is 0. The van der Waals surface area contributed by atoms with E-state index >= 15 is 0 Å². The molecule has 0 spiro atoms. The monoisotopic (exact) mass is 184 g/mol. The number of rotatable bonds is 1. The van der Waals surface area contributed by atoms with E-state index in [9.17, 15) is 4.79 Å². The van der Waals surface area contributed by atoms with Gasteiger partial charge in [0.25, 0.3) is 0 Å². The van der Waals surface area contributed by atoms with Gasteiger partial charge in [0.15, 0.2) is 0 Å². The first-order chi connectivity index (χ1) is 6.75. The van der Waals surface area contributed by atoms with Crippen molar-refractivity contribution in [3.05, 3.63) is 42.5 Å². The Hall–Kier alpha value is -1.83. The van der Waals surface area contributed by atoms with Gasteiger partial charge in [-0.05, 0) is 35.0 Å². The van der Waals surface area contributed by atoms with Crippen LogP contribution in [0.5, 0.6) is 0 Å². The van der Waals surface area contributed by atoms with Crippen molar-refractivity contribution in [2.75, 3.05) is 5.32 Å². The maximum Gasteiger partial charge on any atom is 0.221 e. The van der Waals surface area contributed by atoms with Gasteiger partial charge in [0.1, 0.15) is 0 Å². The van der Waals surface area contributed by atoms with E-state index in [1.54, 1.807) is 0 Å². The van der Waals surface area contributed by atoms with Crippen molar-refractivity contribution in [3.8, 4) is 0 Å². The van der Waals surface area contributed by atoms with Crippen molar-refractivity contribution in [1.82, 2.24) is 0 Å². The molecule has 0 atom stereocenters. The molecule has 1 amide bonds. The third-order valence-corrected chi connectivity index (χ3v) is 2.01. The fourth-order valence-electron chi connectivity index (χ4n) is 1.41. The summed E-state index contributed by atoms with van der Waals surface area (Å²) in [5, 5.41) is 4.98. The maximum absolute atomic E-state index is 10.8. The molecular formula is C12H10NO. The van der Waals surface area contributed by atoms with E-state index in [2.05, 4.69) is 11.4 Å². The second-order valence-electron chi connectivity index (χ2n) is 3.17. The Kier molecular flexibility index (Phi) is 2.19. The number of carbonyl (C=O) groups excluding carboxylic acids is 1.